The van der Waals surface area contributed by atoms with Crippen LogP contribution in [0.3, 0.4) is 0 Å². The molecule has 8 heteroatoms. The fourth-order valence-electron chi connectivity index (χ4n) is 2.15. The summed E-state index contributed by atoms with van der Waals surface area (Å²) in [5.74, 6) is 0.487. The summed E-state index contributed by atoms with van der Waals surface area (Å²) in [7, 11) is 0. The normalized spacial score (nSPS) is 15.3. The van der Waals surface area contributed by atoms with E-state index in [1.165, 1.54) is 0 Å². The fraction of sp³-hybridized carbons (Fsp3) is 0.533. The van der Waals surface area contributed by atoms with E-state index in [2.05, 4.69) is 32.2 Å². The molecule has 1 aliphatic rings. The van der Waals surface area contributed by atoms with Gasteiger partial charge in [-0.25, -0.2) is 0 Å². The maximum Gasteiger partial charge on any atom is 0.430 e. The topological polar surface area (TPSA) is 62.7 Å². The molecule has 23 heavy (non-hydrogen) atoms. The monoisotopic (exact) mass is 327 g/mol. The van der Waals surface area contributed by atoms with E-state index >= 15 is 0 Å². The van der Waals surface area contributed by atoms with Gasteiger partial charge in [0.15, 0.2) is 5.82 Å². The summed E-state index contributed by atoms with van der Waals surface area (Å²) in [6.07, 6.45) is 1.32. The van der Waals surface area contributed by atoms with E-state index in [-0.39, 0.29) is 17.9 Å². The van der Waals surface area contributed by atoms with Crippen molar-refractivity contribution >= 4 is 17.5 Å². The van der Waals surface area contributed by atoms with E-state index in [0.29, 0.717) is 5.82 Å². The number of hydrogen-bond acceptors (Lipinski definition) is 5. The van der Waals surface area contributed by atoms with Crippen LogP contribution in [-0.2, 0) is 0 Å². The van der Waals surface area contributed by atoms with Gasteiger partial charge in [0.05, 0.1) is 0 Å². The minimum atomic E-state index is -4.55. The van der Waals surface area contributed by atoms with Crippen molar-refractivity contribution in [3.63, 3.8) is 0 Å². The molecule has 0 saturated heterocycles. The van der Waals surface area contributed by atoms with Crippen LogP contribution in [0.5, 0.6) is 0 Å². The summed E-state index contributed by atoms with van der Waals surface area (Å²) in [5, 5.41) is 5.12. The Morgan fingerprint density at radius 1 is 1.17 bits per heavy atom. The number of allylic oxidation sites excluding steroid dienone is 3. The van der Waals surface area contributed by atoms with Crippen molar-refractivity contribution < 1.29 is 13.2 Å². The standard InChI is InChI=1S/C15H20F3N5/c1-9(2)19-13-21-12(11-7-5-4-6-8-11)22-14(23-13)20-10(3)15(16,17)18/h7,9H,3-6,8H2,1-2H3,(H2,19,20,21,22,23). The molecule has 0 fully saturated rings. The molecule has 2 N–H and O–H groups in total. The lowest BCUT2D eigenvalue weighted by Crippen LogP contribution is -2.21. The van der Waals surface area contributed by atoms with Crippen molar-refractivity contribution in [1.29, 1.82) is 0 Å². The zero-order chi connectivity index (χ0) is 17.0. The Hall–Kier alpha value is -2.12. The van der Waals surface area contributed by atoms with Crippen LogP contribution in [0, 0.1) is 0 Å². The van der Waals surface area contributed by atoms with Gasteiger partial charge in [-0.15, -0.1) is 0 Å². The summed E-state index contributed by atoms with van der Waals surface area (Å²) in [6, 6.07) is 0.0456. The highest BCUT2D eigenvalue weighted by Crippen LogP contribution is 2.27. The molecule has 2 rings (SSSR count). The molecule has 1 aromatic heterocycles. The lowest BCUT2D eigenvalue weighted by molar-refractivity contribution is -0.0899. The SMILES string of the molecule is C=C(Nc1nc(NC(C)C)nc(C2=CCCCC2)n1)C(F)(F)F. The largest absolute Gasteiger partial charge is 0.430 e. The van der Waals surface area contributed by atoms with Crippen molar-refractivity contribution in [3.8, 4) is 0 Å². The minimum Gasteiger partial charge on any atom is -0.352 e. The van der Waals surface area contributed by atoms with E-state index in [0.717, 1.165) is 31.3 Å². The van der Waals surface area contributed by atoms with Crippen LogP contribution in [0.2, 0.25) is 0 Å². The third kappa shape index (κ3) is 4.94. The van der Waals surface area contributed by atoms with Crippen LogP contribution in [0.15, 0.2) is 18.4 Å². The number of aromatic nitrogens is 3. The Labute approximate surface area is 133 Å². The molecule has 0 atom stereocenters. The summed E-state index contributed by atoms with van der Waals surface area (Å²) in [6.45, 7) is 6.77. The number of alkyl halides is 3. The zero-order valence-electron chi connectivity index (χ0n) is 13.2. The first kappa shape index (κ1) is 17.2. The second-order valence-corrected chi connectivity index (χ2v) is 5.68. The summed E-state index contributed by atoms with van der Waals surface area (Å²) in [4.78, 5) is 12.4. The van der Waals surface area contributed by atoms with Crippen LogP contribution < -0.4 is 10.6 Å². The van der Waals surface area contributed by atoms with E-state index in [9.17, 15) is 13.2 Å². The molecule has 0 aliphatic heterocycles. The summed E-state index contributed by atoms with van der Waals surface area (Å²) >= 11 is 0. The van der Waals surface area contributed by atoms with Gasteiger partial charge in [-0.05, 0) is 45.1 Å². The van der Waals surface area contributed by atoms with Gasteiger partial charge in [-0.1, -0.05) is 12.7 Å². The highest BCUT2D eigenvalue weighted by atomic mass is 19.4. The second-order valence-electron chi connectivity index (χ2n) is 5.68. The van der Waals surface area contributed by atoms with Gasteiger partial charge in [-0.2, -0.15) is 28.1 Å². The third-order valence-electron chi connectivity index (χ3n) is 3.24. The molecule has 1 aromatic rings. The number of rotatable bonds is 5. The Morgan fingerprint density at radius 2 is 1.87 bits per heavy atom. The molecule has 5 nitrogen and oxygen atoms in total. The number of anilines is 2. The van der Waals surface area contributed by atoms with Gasteiger partial charge in [-0.3, -0.25) is 0 Å². The predicted molar refractivity (Wildman–Crippen MR) is 83.8 cm³/mol. The molecule has 0 unspecified atom stereocenters. The average Bonchev–Trinajstić information content (AvgIpc) is 2.46. The summed E-state index contributed by atoms with van der Waals surface area (Å²) in [5.41, 5.74) is -0.172. The van der Waals surface area contributed by atoms with Crippen LogP contribution >= 0.6 is 0 Å². The first-order valence-corrected chi connectivity index (χ1v) is 7.51. The second kappa shape index (κ2) is 6.97. The lowest BCUT2D eigenvalue weighted by Gasteiger charge is -2.16. The van der Waals surface area contributed by atoms with Crippen LogP contribution in [0.1, 0.15) is 45.4 Å². The quantitative estimate of drug-likeness (QED) is 0.851. The van der Waals surface area contributed by atoms with Crippen molar-refractivity contribution in [2.75, 3.05) is 10.6 Å². The van der Waals surface area contributed by atoms with E-state index in [1.54, 1.807) is 0 Å². The van der Waals surface area contributed by atoms with Crippen molar-refractivity contribution in [3.05, 3.63) is 24.2 Å². The van der Waals surface area contributed by atoms with Gasteiger partial charge in [0, 0.05) is 6.04 Å². The van der Waals surface area contributed by atoms with Gasteiger partial charge in [0.2, 0.25) is 11.9 Å². The van der Waals surface area contributed by atoms with Gasteiger partial charge in [0.1, 0.15) is 5.70 Å². The molecule has 0 saturated carbocycles. The smallest absolute Gasteiger partial charge is 0.352 e. The fourth-order valence-corrected chi connectivity index (χ4v) is 2.15. The Bertz CT molecular complexity index is 608. The molecule has 0 bridgehead atoms. The number of nitrogens with zero attached hydrogens (tertiary/aromatic N) is 3. The lowest BCUT2D eigenvalue weighted by atomic mass is 9.99. The van der Waals surface area contributed by atoms with Crippen LogP contribution in [0.25, 0.3) is 5.57 Å². The average molecular weight is 327 g/mol. The van der Waals surface area contributed by atoms with Crippen LogP contribution in [0.4, 0.5) is 25.1 Å². The maximum atomic E-state index is 12.6. The molecule has 0 aromatic carbocycles. The summed E-state index contributed by atoms with van der Waals surface area (Å²) < 4.78 is 37.9. The number of nitrogens with one attached hydrogen (secondary N) is 2. The van der Waals surface area contributed by atoms with E-state index < -0.39 is 11.9 Å². The third-order valence-corrected chi connectivity index (χ3v) is 3.24. The molecule has 1 heterocycles. The minimum absolute atomic E-state index is 0.0456. The van der Waals surface area contributed by atoms with E-state index in [4.69, 9.17) is 0 Å². The predicted octanol–water partition coefficient (Wildman–Crippen LogP) is 4.14. The highest BCUT2D eigenvalue weighted by Gasteiger charge is 2.33. The number of hydrogen-bond donors (Lipinski definition) is 2. The van der Waals surface area contributed by atoms with E-state index in [1.807, 2.05) is 19.9 Å². The maximum absolute atomic E-state index is 12.6. The molecule has 126 valence electrons. The number of halogens is 3. The Kier molecular flexibility index (Phi) is 5.23. The zero-order valence-corrected chi connectivity index (χ0v) is 13.2. The van der Waals surface area contributed by atoms with Crippen LogP contribution in [-0.4, -0.2) is 27.2 Å². The van der Waals surface area contributed by atoms with Crippen molar-refractivity contribution in [2.45, 2.75) is 51.7 Å². The highest BCUT2D eigenvalue weighted by molar-refractivity contribution is 5.62. The Morgan fingerprint density at radius 3 is 2.43 bits per heavy atom. The first-order chi connectivity index (χ1) is 10.8. The van der Waals surface area contributed by atoms with Gasteiger partial charge < -0.3 is 10.6 Å². The molecule has 1 aliphatic carbocycles. The van der Waals surface area contributed by atoms with Crippen molar-refractivity contribution in [1.82, 2.24) is 15.0 Å². The molecular weight excluding hydrogens is 307 g/mol. The Balaban J connectivity index is 2.33. The van der Waals surface area contributed by atoms with Gasteiger partial charge >= 0.3 is 6.18 Å². The molecule has 0 radical (unpaired) electrons. The molecule has 0 spiro atoms. The molecule has 0 amide bonds. The molecular formula is C15H20F3N5. The van der Waals surface area contributed by atoms with Crippen molar-refractivity contribution in [2.24, 2.45) is 0 Å². The van der Waals surface area contributed by atoms with Gasteiger partial charge in [0.25, 0.3) is 0 Å². The first-order valence-electron chi connectivity index (χ1n) is 7.51.